The lowest BCUT2D eigenvalue weighted by Gasteiger charge is -2.51. The van der Waals surface area contributed by atoms with E-state index in [1.807, 2.05) is 0 Å². The van der Waals surface area contributed by atoms with Gasteiger partial charge in [-0.05, 0) is 44.3 Å². The molecule has 0 spiro atoms. The number of hydrogen-bond donors (Lipinski definition) is 0. The van der Waals surface area contributed by atoms with Gasteiger partial charge in [0.1, 0.15) is 0 Å². The lowest BCUT2D eigenvalue weighted by Crippen LogP contribution is -2.60. The number of piperidine rings is 3. The summed E-state index contributed by atoms with van der Waals surface area (Å²) < 4.78 is 4.86. The SMILES string of the molecule is COC(=O)CCN1C[C@@H](c2ccc(C)cc2)[C@H]2[C@@H]1C1CCN2CC1. The second-order valence-electron chi connectivity index (χ2n) is 7.69. The average Bonchev–Trinajstić information content (AvgIpc) is 3.03. The molecule has 4 aliphatic heterocycles. The Hall–Kier alpha value is -1.39. The molecule has 4 heteroatoms. The van der Waals surface area contributed by atoms with E-state index in [0.29, 0.717) is 24.4 Å². The normalized spacial score (nSPS) is 35.0. The Bertz CT molecular complexity index is 592. The van der Waals surface area contributed by atoms with Crippen molar-refractivity contribution in [2.75, 3.05) is 33.3 Å². The number of methoxy groups -OCH3 is 1. The highest BCUT2D eigenvalue weighted by molar-refractivity contribution is 5.69. The molecule has 4 aliphatic rings. The molecule has 0 aliphatic carbocycles. The van der Waals surface area contributed by atoms with Gasteiger partial charge in [0.05, 0.1) is 13.5 Å². The Labute approximate surface area is 144 Å². The van der Waals surface area contributed by atoms with Crippen LogP contribution in [0, 0.1) is 12.8 Å². The van der Waals surface area contributed by atoms with Crippen molar-refractivity contribution in [1.82, 2.24) is 9.80 Å². The molecule has 0 saturated carbocycles. The van der Waals surface area contributed by atoms with E-state index in [9.17, 15) is 4.79 Å². The molecular weight excluding hydrogens is 300 g/mol. The third-order valence-electron chi connectivity index (χ3n) is 6.43. The average molecular weight is 328 g/mol. The van der Waals surface area contributed by atoms with E-state index in [-0.39, 0.29) is 5.97 Å². The van der Waals surface area contributed by atoms with Crippen molar-refractivity contribution in [3.63, 3.8) is 0 Å². The quantitative estimate of drug-likeness (QED) is 0.795. The Morgan fingerprint density at radius 2 is 1.88 bits per heavy atom. The maximum atomic E-state index is 11.6. The Kier molecular flexibility index (Phi) is 4.35. The lowest BCUT2D eigenvalue weighted by atomic mass is 9.75. The maximum absolute atomic E-state index is 11.6. The molecule has 24 heavy (non-hydrogen) atoms. The van der Waals surface area contributed by atoms with E-state index in [1.165, 1.54) is 44.2 Å². The van der Waals surface area contributed by atoms with E-state index in [0.717, 1.165) is 19.0 Å². The van der Waals surface area contributed by atoms with Crippen LogP contribution in [0.1, 0.15) is 36.3 Å². The third kappa shape index (κ3) is 2.76. The summed E-state index contributed by atoms with van der Waals surface area (Å²) in [6, 6.07) is 10.3. The van der Waals surface area contributed by atoms with Crippen LogP contribution in [-0.4, -0.2) is 61.1 Å². The van der Waals surface area contributed by atoms with Crippen LogP contribution >= 0.6 is 0 Å². The van der Waals surface area contributed by atoms with Gasteiger partial charge in [0.2, 0.25) is 0 Å². The highest BCUT2D eigenvalue weighted by Crippen LogP contribution is 2.46. The summed E-state index contributed by atoms with van der Waals surface area (Å²) in [7, 11) is 1.48. The van der Waals surface area contributed by atoms with Gasteiger partial charge in [0.25, 0.3) is 0 Å². The van der Waals surface area contributed by atoms with Gasteiger partial charge in [-0.3, -0.25) is 14.6 Å². The monoisotopic (exact) mass is 328 g/mol. The molecule has 0 amide bonds. The van der Waals surface area contributed by atoms with Gasteiger partial charge in [-0.15, -0.1) is 0 Å². The number of ether oxygens (including phenoxy) is 1. The number of esters is 1. The maximum Gasteiger partial charge on any atom is 0.306 e. The predicted octanol–water partition coefficient (Wildman–Crippen LogP) is 2.42. The van der Waals surface area contributed by atoms with Gasteiger partial charge < -0.3 is 4.74 Å². The summed E-state index contributed by atoms with van der Waals surface area (Å²) >= 11 is 0. The molecule has 0 unspecified atom stereocenters. The number of carbonyl (C=O) groups is 1. The summed E-state index contributed by atoms with van der Waals surface area (Å²) in [5.41, 5.74) is 2.78. The van der Waals surface area contributed by atoms with Crippen molar-refractivity contribution in [3.8, 4) is 0 Å². The zero-order valence-electron chi connectivity index (χ0n) is 14.8. The van der Waals surface area contributed by atoms with Crippen molar-refractivity contribution in [2.24, 2.45) is 5.92 Å². The largest absolute Gasteiger partial charge is 0.469 e. The molecule has 1 aromatic carbocycles. The number of fused-ring (bicyclic) bond motifs is 2. The minimum Gasteiger partial charge on any atom is -0.469 e. The second-order valence-corrected chi connectivity index (χ2v) is 7.69. The number of carbonyl (C=O) groups excluding carboxylic acids is 1. The molecule has 130 valence electrons. The number of nitrogens with zero attached hydrogens (tertiary/aromatic N) is 2. The smallest absolute Gasteiger partial charge is 0.306 e. The molecule has 0 radical (unpaired) electrons. The molecule has 4 fully saturated rings. The first-order valence-corrected chi connectivity index (χ1v) is 9.29. The first kappa shape index (κ1) is 16.1. The van der Waals surface area contributed by atoms with Crippen LogP contribution in [0.2, 0.25) is 0 Å². The van der Waals surface area contributed by atoms with Gasteiger partial charge >= 0.3 is 5.97 Å². The van der Waals surface area contributed by atoms with Crippen molar-refractivity contribution in [1.29, 1.82) is 0 Å². The molecule has 3 atom stereocenters. The molecule has 1 aromatic rings. The number of benzene rings is 1. The van der Waals surface area contributed by atoms with E-state index in [2.05, 4.69) is 41.0 Å². The minimum absolute atomic E-state index is 0.0911. The highest BCUT2D eigenvalue weighted by Gasteiger charge is 2.52. The van der Waals surface area contributed by atoms with Crippen LogP contribution in [0.3, 0.4) is 0 Å². The summed E-state index contributed by atoms with van der Waals surface area (Å²) in [5, 5.41) is 0. The fourth-order valence-electron chi connectivity index (χ4n) is 5.24. The standard InChI is InChI=1S/C20H28N2O2/c1-14-3-5-15(6-4-14)17-13-22(12-9-18(23)24-2)19-16-7-10-21(11-8-16)20(17)19/h3-6,16-17,19-20H,7-13H2,1-2H3/t17-,19-,20-/m0/s1. The number of likely N-dealkylation sites (tertiary alicyclic amines) is 1. The van der Waals surface area contributed by atoms with Crippen LogP contribution in [0.15, 0.2) is 24.3 Å². The summed E-state index contributed by atoms with van der Waals surface area (Å²) in [4.78, 5) is 16.9. The highest BCUT2D eigenvalue weighted by atomic mass is 16.5. The van der Waals surface area contributed by atoms with Crippen molar-refractivity contribution >= 4 is 5.97 Å². The molecule has 2 bridgehead atoms. The fraction of sp³-hybridized carbons (Fsp3) is 0.650. The number of hydrogen-bond acceptors (Lipinski definition) is 4. The first-order valence-electron chi connectivity index (χ1n) is 9.29. The summed E-state index contributed by atoms with van der Waals surface area (Å²) in [6.45, 7) is 6.55. The summed E-state index contributed by atoms with van der Waals surface area (Å²) in [6.07, 6.45) is 3.14. The second kappa shape index (κ2) is 6.49. The zero-order valence-corrected chi connectivity index (χ0v) is 14.8. The molecule has 4 saturated heterocycles. The van der Waals surface area contributed by atoms with E-state index >= 15 is 0 Å². The topological polar surface area (TPSA) is 32.8 Å². The summed E-state index contributed by atoms with van der Waals surface area (Å²) in [5.74, 6) is 1.27. The number of rotatable bonds is 4. The van der Waals surface area contributed by atoms with E-state index < -0.39 is 0 Å². The van der Waals surface area contributed by atoms with Crippen LogP contribution < -0.4 is 0 Å². The molecule has 4 heterocycles. The first-order chi connectivity index (χ1) is 11.7. The van der Waals surface area contributed by atoms with Crippen LogP contribution in [0.25, 0.3) is 0 Å². The van der Waals surface area contributed by atoms with Gasteiger partial charge in [-0.2, -0.15) is 0 Å². The third-order valence-corrected chi connectivity index (χ3v) is 6.43. The lowest BCUT2D eigenvalue weighted by molar-refractivity contribution is -0.141. The molecule has 0 aromatic heterocycles. The van der Waals surface area contributed by atoms with Crippen LogP contribution in [-0.2, 0) is 9.53 Å². The van der Waals surface area contributed by atoms with Crippen LogP contribution in [0.5, 0.6) is 0 Å². The van der Waals surface area contributed by atoms with Gasteiger partial charge in [0, 0.05) is 31.1 Å². The predicted molar refractivity (Wildman–Crippen MR) is 94.0 cm³/mol. The zero-order chi connectivity index (χ0) is 16.7. The van der Waals surface area contributed by atoms with E-state index in [1.54, 1.807) is 0 Å². The van der Waals surface area contributed by atoms with Gasteiger partial charge in [-0.25, -0.2) is 0 Å². The fourth-order valence-corrected chi connectivity index (χ4v) is 5.24. The molecular formula is C20H28N2O2. The molecule has 5 rings (SSSR count). The molecule has 0 N–H and O–H groups in total. The van der Waals surface area contributed by atoms with E-state index in [4.69, 9.17) is 4.74 Å². The Morgan fingerprint density at radius 1 is 1.17 bits per heavy atom. The van der Waals surface area contributed by atoms with Gasteiger partial charge in [0.15, 0.2) is 0 Å². The van der Waals surface area contributed by atoms with Crippen molar-refractivity contribution < 1.29 is 9.53 Å². The minimum atomic E-state index is -0.0911. The van der Waals surface area contributed by atoms with Crippen molar-refractivity contribution in [2.45, 2.75) is 44.2 Å². The van der Waals surface area contributed by atoms with Crippen LogP contribution in [0.4, 0.5) is 0 Å². The molecule has 4 nitrogen and oxygen atoms in total. The van der Waals surface area contributed by atoms with Crippen molar-refractivity contribution in [3.05, 3.63) is 35.4 Å². The Balaban J connectivity index is 1.58. The Morgan fingerprint density at radius 3 is 2.54 bits per heavy atom. The number of aryl methyl sites for hydroxylation is 1. The van der Waals surface area contributed by atoms with Gasteiger partial charge in [-0.1, -0.05) is 29.8 Å².